The third kappa shape index (κ3) is 5.83. The lowest BCUT2D eigenvalue weighted by Gasteiger charge is -2.33. The maximum absolute atomic E-state index is 13.7. The first-order valence-electron chi connectivity index (χ1n) is 9.07. The molecule has 0 spiro atoms. The van der Waals surface area contributed by atoms with Gasteiger partial charge in [0.1, 0.15) is 5.82 Å². The van der Waals surface area contributed by atoms with Crippen LogP contribution in [0.3, 0.4) is 0 Å². The molecule has 25 heavy (non-hydrogen) atoms. The number of nitrogens with zero attached hydrogens (tertiary/aromatic N) is 1. The molecule has 1 aromatic rings. The highest BCUT2D eigenvalue weighted by molar-refractivity contribution is 5.81. The molecular weight excluding hydrogens is 319 g/mol. The zero-order valence-corrected chi connectivity index (χ0v) is 15.5. The minimum Gasteiger partial charge on any atom is -0.355 e. The molecule has 1 aliphatic rings. The van der Waals surface area contributed by atoms with Crippen LogP contribution in [0.2, 0.25) is 0 Å². The first-order valence-corrected chi connectivity index (χ1v) is 9.07. The van der Waals surface area contributed by atoms with E-state index in [4.69, 9.17) is 0 Å². The number of likely N-dealkylation sites (tertiary alicyclic amines) is 1. The van der Waals surface area contributed by atoms with E-state index in [2.05, 4.69) is 5.32 Å². The third-order valence-corrected chi connectivity index (χ3v) is 4.67. The van der Waals surface area contributed by atoms with Gasteiger partial charge in [-0.2, -0.15) is 0 Å². The van der Waals surface area contributed by atoms with Crippen LogP contribution in [-0.2, 0) is 16.0 Å². The van der Waals surface area contributed by atoms with Gasteiger partial charge in [-0.25, -0.2) is 4.39 Å². The number of benzene rings is 1. The van der Waals surface area contributed by atoms with E-state index in [-0.39, 0.29) is 23.5 Å². The van der Waals surface area contributed by atoms with E-state index in [0.717, 1.165) is 19.4 Å². The van der Waals surface area contributed by atoms with Gasteiger partial charge >= 0.3 is 0 Å². The summed E-state index contributed by atoms with van der Waals surface area (Å²) in [7, 11) is 0. The summed E-state index contributed by atoms with van der Waals surface area (Å²) in [5.74, 6) is 0.139. The van der Waals surface area contributed by atoms with Gasteiger partial charge in [-0.1, -0.05) is 39.0 Å². The first-order chi connectivity index (χ1) is 11.8. The fourth-order valence-electron chi connectivity index (χ4n) is 3.06. The van der Waals surface area contributed by atoms with Gasteiger partial charge in [-0.15, -0.1) is 0 Å². The molecule has 1 N–H and O–H groups in total. The number of carbonyl (C=O) groups excluding carboxylic acids is 2. The second-order valence-corrected chi connectivity index (χ2v) is 7.90. The number of carbonyl (C=O) groups is 2. The maximum atomic E-state index is 13.7. The molecule has 1 heterocycles. The Bertz CT molecular complexity index is 610. The van der Waals surface area contributed by atoms with Crippen molar-refractivity contribution in [3.8, 4) is 0 Å². The Balaban J connectivity index is 1.81. The molecule has 0 aromatic heterocycles. The van der Waals surface area contributed by atoms with Gasteiger partial charge in [0.25, 0.3) is 0 Å². The quantitative estimate of drug-likeness (QED) is 0.889. The number of rotatable bonds is 5. The molecular formula is C20H29FN2O2. The van der Waals surface area contributed by atoms with E-state index in [1.165, 1.54) is 6.07 Å². The zero-order valence-electron chi connectivity index (χ0n) is 15.5. The van der Waals surface area contributed by atoms with Crippen molar-refractivity contribution in [2.75, 3.05) is 19.6 Å². The van der Waals surface area contributed by atoms with Crippen molar-refractivity contribution in [3.05, 3.63) is 35.6 Å². The highest BCUT2D eigenvalue weighted by Crippen LogP contribution is 2.19. The Morgan fingerprint density at radius 1 is 1.28 bits per heavy atom. The Morgan fingerprint density at radius 2 is 2.00 bits per heavy atom. The fourth-order valence-corrected chi connectivity index (χ4v) is 3.06. The van der Waals surface area contributed by atoms with E-state index < -0.39 is 5.41 Å². The third-order valence-electron chi connectivity index (χ3n) is 4.67. The van der Waals surface area contributed by atoms with E-state index in [1.807, 2.05) is 25.7 Å². The smallest absolute Gasteiger partial charge is 0.225 e. The minimum atomic E-state index is -0.399. The van der Waals surface area contributed by atoms with Gasteiger partial charge in [0.05, 0.1) is 0 Å². The van der Waals surface area contributed by atoms with Crippen LogP contribution < -0.4 is 5.32 Å². The predicted octanol–water partition coefficient (Wildman–Crippen LogP) is 3.16. The van der Waals surface area contributed by atoms with Gasteiger partial charge in [0, 0.05) is 31.5 Å². The van der Waals surface area contributed by atoms with Crippen molar-refractivity contribution in [1.82, 2.24) is 10.2 Å². The van der Waals surface area contributed by atoms with Crippen LogP contribution in [0.1, 0.15) is 45.6 Å². The predicted molar refractivity (Wildman–Crippen MR) is 96.5 cm³/mol. The molecule has 1 saturated heterocycles. The normalized spacial score (nSPS) is 18.1. The lowest BCUT2D eigenvalue weighted by molar-refractivity contribution is -0.133. The minimum absolute atomic E-state index is 0.0375. The molecule has 1 aliphatic heterocycles. The number of nitrogens with one attached hydrogen (secondary N) is 1. The second kappa shape index (κ2) is 8.45. The Labute approximate surface area is 149 Å². The summed E-state index contributed by atoms with van der Waals surface area (Å²) in [6, 6.07) is 6.60. The number of halogens is 1. The molecule has 2 amide bonds. The SMILES string of the molecule is CC(C)(C)C(=O)NC[C@@H]1CCCN(C(=O)CCc2ccccc2F)C1. The van der Waals surface area contributed by atoms with Crippen LogP contribution in [0.5, 0.6) is 0 Å². The number of aryl methyl sites for hydroxylation is 1. The average molecular weight is 348 g/mol. The monoisotopic (exact) mass is 348 g/mol. The maximum Gasteiger partial charge on any atom is 0.225 e. The van der Waals surface area contributed by atoms with Gasteiger partial charge in [0.2, 0.25) is 11.8 Å². The number of piperidine rings is 1. The van der Waals surface area contributed by atoms with Gasteiger partial charge in [-0.05, 0) is 36.8 Å². The summed E-state index contributed by atoms with van der Waals surface area (Å²) >= 11 is 0. The van der Waals surface area contributed by atoms with Gasteiger partial charge < -0.3 is 10.2 Å². The summed E-state index contributed by atoms with van der Waals surface area (Å²) < 4.78 is 13.7. The molecule has 4 nitrogen and oxygen atoms in total. The van der Waals surface area contributed by atoms with E-state index in [9.17, 15) is 14.0 Å². The van der Waals surface area contributed by atoms with Crippen LogP contribution in [0, 0.1) is 17.2 Å². The molecule has 1 aromatic carbocycles. The molecule has 1 atom stereocenters. The summed E-state index contributed by atoms with van der Waals surface area (Å²) in [6.07, 6.45) is 2.71. The lowest BCUT2D eigenvalue weighted by Crippen LogP contribution is -2.45. The molecule has 0 saturated carbocycles. The first kappa shape index (κ1) is 19.4. The average Bonchev–Trinajstić information content (AvgIpc) is 2.58. The van der Waals surface area contributed by atoms with Crippen LogP contribution in [0.15, 0.2) is 24.3 Å². The lowest BCUT2D eigenvalue weighted by atomic mass is 9.94. The van der Waals surface area contributed by atoms with Crippen molar-refractivity contribution in [2.24, 2.45) is 11.3 Å². The van der Waals surface area contributed by atoms with Gasteiger partial charge in [0.15, 0.2) is 0 Å². The van der Waals surface area contributed by atoms with Crippen molar-refractivity contribution >= 4 is 11.8 Å². The van der Waals surface area contributed by atoms with Crippen LogP contribution in [0.25, 0.3) is 0 Å². The van der Waals surface area contributed by atoms with Crippen molar-refractivity contribution in [3.63, 3.8) is 0 Å². The van der Waals surface area contributed by atoms with Crippen LogP contribution in [-0.4, -0.2) is 36.3 Å². The fraction of sp³-hybridized carbons (Fsp3) is 0.600. The van der Waals surface area contributed by atoms with Crippen molar-refractivity contribution in [2.45, 2.75) is 46.5 Å². The van der Waals surface area contributed by atoms with Gasteiger partial charge in [-0.3, -0.25) is 9.59 Å². The summed E-state index contributed by atoms with van der Waals surface area (Å²) in [5.41, 5.74) is 0.186. The standard InChI is InChI=1S/C20H29FN2O2/c1-20(2,3)19(25)22-13-15-7-6-12-23(14-15)18(24)11-10-16-8-4-5-9-17(16)21/h4-5,8-9,15H,6-7,10-14H2,1-3H3,(H,22,25)/t15-/m0/s1. The zero-order chi connectivity index (χ0) is 18.4. The Morgan fingerprint density at radius 3 is 2.68 bits per heavy atom. The largest absolute Gasteiger partial charge is 0.355 e. The number of hydrogen-bond acceptors (Lipinski definition) is 2. The molecule has 0 aliphatic carbocycles. The summed E-state index contributed by atoms with van der Waals surface area (Å²) in [6.45, 7) is 7.69. The van der Waals surface area contributed by atoms with E-state index in [1.54, 1.807) is 18.2 Å². The van der Waals surface area contributed by atoms with Crippen LogP contribution in [0.4, 0.5) is 4.39 Å². The molecule has 1 fully saturated rings. The Hall–Kier alpha value is -1.91. The summed E-state index contributed by atoms with van der Waals surface area (Å²) in [4.78, 5) is 26.3. The molecule has 138 valence electrons. The molecule has 0 unspecified atom stereocenters. The Kier molecular flexibility index (Phi) is 6.57. The highest BCUT2D eigenvalue weighted by atomic mass is 19.1. The van der Waals surface area contributed by atoms with Crippen molar-refractivity contribution in [1.29, 1.82) is 0 Å². The molecule has 0 radical (unpaired) electrons. The highest BCUT2D eigenvalue weighted by Gasteiger charge is 2.26. The van der Waals surface area contributed by atoms with Crippen molar-refractivity contribution < 1.29 is 14.0 Å². The summed E-state index contributed by atoms with van der Waals surface area (Å²) in [5, 5.41) is 2.99. The topological polar surface area (TPSA) is 49.4 Å². The van der Waals surface area contributed by atoms with E-state index in [0.29, 0.717) is 31.5 Å². The second-order valence-electron chi connectivity index (χ2n) is 7.90. The molecule has 5 heteroatoms. The van der Waals surface area contributed by atoms with E-state index >= 15 is 0 Å². The number of amides is 2. The molecule has 0 bridgehead atoms. The number of hydrogen-bond donors (Lipinski definition) is 1. The molecule has 2 rings (SSSR count). The van der Waals surface area contributed by atoms with Crippen LogP contribution >= 0.6 is 0 Å².